The van der Waals surface area contributed by atoms with E-state index in [-0.39, 0.29) is 45.7 Å². The molecular weight excluding hydrogens is 569 g/mol. The maximum Gasteiger partial charge on any atom is 0.143 e. The number of hydrogen-bond acceptors (Lipinski definition) is 1. The van der Waals surface area contributed by atoms with E-state index >= 15 is 0 Å². The van der Waals surface area contributed by atoms with Crippen molar-refractivity contribution in [2.24, 2.45) is 0 Å². The van der Waals surface area contributed by atoms with Crippen LogP contribution in [0, 0.1) is 0 Å². The van der Waals surface area contributed by atoms with Gasteiger partial charge in [0.05, 0.1) is 11.0 Å². The van der Waals surface area contributed by atoms with Gasteiger partial charge in [0.1, 0.15) is 11.2 Å². The third-order valence-electron chi connectivity index (χ3n) is 9.26. The van der Waals surface area contributed by atoms with E-state index in [4.69, 9.17) is 9.90 Å². The largest absolute Gasteiger partial charge is 0.455 e. The molecule has 0 atom stereocenters. The molecule has 10 rings (SSSR count). The van der Waals surface area contributed by atoms with E-state index in [1.807, 2.05) is 109 Å². The Labute approximate surface area is 283 Å². The first-order valence-electron chi connectivity index (χ1n) is 19.5. The summed E-state index contributed by atoms with van der Waals surface area (Å²) in [7, 11) is 0. The lowest BCUT2D eigenvalue weighted by Gasteiger charge is -2.18. The molecule has 1 nitrogen and oxygen atoms in total. The van der Waals surface area contributed by atoms with E-state index in [0.29, 0.717) is 27.8 Å². The Bertz CT molecular complexity index is 3230. The van der Waals surface area contributed by atoms with Crippen molar-refractivity contribution in [2.45, 2.75) is 0 Å². The Morgan fingerprint density at radius 1 is 0.404 bits per heavy atom. The number of benzene rings is 9. The van der Waals surface area contributed by atoms with Crippen LogP contribution in [0.15, 0.2) is 174 Å². The predicted molar refractivity (Wildman–Crippen MR) is 200 cm³/mol. The molecule has 0 unspecified atom stereocenters. The van der Waals surface area contributed by atoms with Gasteiger partial charge in [-0.1, -0.05) is 151 Å². The Morgan fingerprint density at radius 3 is 1.72 bits per heavy atom. The molecule has 0 N–H and O–H groups in total. The lowest BCUT2D eigenvalue weighted by molar-refractivity contribution is 0.670. The minimum absolute atomic E-state index is 0.178. The highest BCUT2D eigenvalue weighted by molar-refractivity contribution is 6.23. The van der Waals surface area contributed by atoms with Crippen LogP contribution in [0.25, 0.3) is 98.4 Å². The molecular formula is C46H28O. The van der Waals surface area contributed by atoms with Gasteiger partial charge in [0.25, 0.3) is 0 Å². The lowest BCUT2D eigenvalue weighted by atomic mass is 9.85. The molecule has 47 heavy (non-hydrogen) atoms. The first-order chi connectivity index (χ1) is 26.6. The first kappa shape index (κ1) is 19.4. The minimum atomic E-state index is -0.432. The lowest BCUT2D eigenvalue weighted by Crippen LogP contribution is -1.91. The molecule has 0 aliphatic carbocycles. The molecule has 0 saturated carbocycles. The maximum absolute atomic E-state index is 9.36. The molecule has 0 saturated heterocycles. The average molecular weight is 605 g/mol. The second kappa shape index (κ2) is 10.2. The minimum Gasteiger partial charge on any atom is -0.455 e. The van der Waals surface area contributed by atoms with Gasteiger partial charge in [0, 0.05) is 16.3 Å². The fourth-order valence-electron chi connectivity index (χ4n) is 7.18. The highest BCUT2D eigenvalue weighted by Crippen LogP contribution is 2.45. The van der Waals surface area contributed by atoms with Gasteiger partial charge in [-0.3, -0.25) is 0 Å². The quantitative estimate of drug-likeness (QED) is 0.183. The molecule has 0 spiro atoms. The van der Waals surface area contributed by atoms with E-state index in [2.05, 4.69) is 12.1 Å². The Kier molecular flexibility index (Phi) is 4.19. The van der Waals surface area contributed by atoms with Crippen LogP contribution in [-0.2, 0) is 0 Å². The zero-order valence-corrected chi connectivity index (χ0v) is 25.0. The Balaban J connectivity index is 1.34. The van der Waals surface area contributed by atoms with Crippen LogP contribution in [0.2, 0.25) is 0 Å². The van der Waals surface area contributed by atoms with Gasteiger partial charge in [0.2, 0.25) is 0 Å². The number of rotatable bonds is 3. The van der Waals surface area contributed by atoms with Crippen molar-refractivity contribution in [3.63, 3.8) is 0 Å². The highest BCUT2D eigenvalue weighted by Gasteiger charge is 2.19. The SMILES string of the molecule is [2H]c1c([2H])c([2H])c2c(-c3ccc4ccccc4c3)c3c([2H])c([2H])c([2H])c([2H])c3c(-c3cccc(-c4cccc5c4oc4ccc6ccccc6c45)c3)c2c1[2H]. The summed E-state index contributed by atoms with van der Waals surface area (Å²) in [6.07, 6.45) is 0. The van der Waals surface area contributed by atoms with E-state index in [1.54, 1.807) is 0 Å². The van der Waals surface area contributed by atoms with E-state index in [1.165, 1.54) is 0 Å². The zero-order valence-electron chi connectivity index (χ0n) is 33.0. The molecule has 1 aromatic heterocycles. The molecule has 10 aromatic rings. The molecule has 0 aliphatic rings. The standard InChI is InChI=1S/C46H28O/c1-2-13-31-27-34(24-23-29(31)11-1)44-39-19-7-5-17-37(39)43(38-18-6-8-20-40(38)44)33-15-9-14-32(28-33)36-21-10-22-41-45-35-16-4-3-12-30(35)25-26-42(45)47-46(36)41/h1-28H/i5D,6D,7D,8D,17D,18D,19D,20D. The first-order valence-corrected chi connectivity index (χ1v) is 15.5. The van der Waals surface area contributed by atoms with Crippen molar-refractivity contribution < 1.29 is 15.4 Å². The third kappa shape index (κ3) is 3.97. The number of fused-ring (bicyclic) bond motifs is 8. The van der Waals surface area contributed by atoms with Gasteiger partial charge < -0.3 is 4.42 Å². The Hall–Kier alpha value is -6.18. The fraction of sp³-hybridized carbons (Fsp3) is 0. The van der Waals surface area contributed by atoms with Crippen LogP contribution < -0.4 is 0 Å². The highest BCUT2D eigenvalue weighted by atomic mass is 16.3. The van der Waals surface area contributed by atoms with E-state index < -0.39 is 24.2 Å². The molecule has 0 bridgehead atoms. The summed E-state index contributed by atoms with van der Waals surface area (Å²) < 4.78 is 79.1. The third-order valence-corrected chi connectivity index (χ3v) is 9.26. The zero-order chi connectivity index (χ0) is 37.9. The second-order valence-corrected chi connectivity index (χ2v) is 11.8. The van der Waals surface area contributed by atoms with Crippen molar-refractivity contribution in [3.05, 3.63) is 170 Å². The molecule has 1 heteroatoms. The fourth-order valence-corrected chi connectivity index (χ4v) is 7.18. The van der Waals surface area contributed by atoms with Gasteiger partial charge in [-0.05, 0) is 89.1 Å². The monoisotopic (exact) mass is 604 g/mol. The van der Waals surface area contributed by atoms with Crippen molar-refractivity contribution in [3.8, 4) is 33.4 Å². The predicted octanol–water partition coefficient (Wildman–Crippen LogP) is 13.2. The Morgan fingerprint density at radius 2 is 0.979 bits per heavy atom. The summed E-state index contributed by atoms with van der Waals surface area (Å²) >= 11 is 0. The molecule has 0 fully saturated rings. The van der Waals surface area contributed by atoms with Crippen molar-refractivity contribution >= 4 is 65.0 Å². The van der Waals surface area contributed by atoms with Gasteiger partial charge in [-0.25, -0.2) is 0 Å². The van der Waals surface area contributed by atoms with Gasteiger partial charge in [-0.15, -0.1) is 0 Å². The normalized spacial score (nSPS) is 14.2. The number of para-hydroxylation sites is 1. The van der Waals surface area contributed by atoms with Gasteiger partial charge in [0.15, 0.2) is 0 Å². The van der Waals surface area contributed by atoms with Crippen LogP contribution in [0.1, 0.15) is 11.0 Å². The van der Waals surface area contributed by atoms with Gasteiger partial charge >= 0.3 is 0 Å². The van der Waals surface area contributed by atoms with Crippen molar-refractivity contribution in [1.29, 1.82) is 0 Å². The van der Waals surface area contributed by atoms with Crippen LogP contribution >= 0.6 is 0 Å². The molecule has 218 valence electrons. The molecule has 0 amide bonds. The average Bonchev–Trinajstić information content (AvgIpc) is 3.62. The molecule has 1 heterocycles. The smallest absolute Gasteiger partial charge is 0.143 e. The van der Waals surface area contributed by atoms with Crippen LogP contribution in [-0.4, -0.2) is 0 Å². The molecule has 9 aromatic carbocycles. The van der Waals surface area contributed by atoms with E-state index in [9.17, 15) is 5.48 Å². The summed E-state index contributed by atoms with van der Waals surface area (Å²) in [6.45, 7) is 0. The number of hydrogen-bond donors (Lipinski definition) is 0. The van der Waals surface area contributed by atoms with Crippen molar-refractivity contribution in [1.82, 2.24) is 0 Å². The summed E-state index contributed by atoms with van der Waals surface area (Å²) in [4.78, 5) is 0. The topological polar surface area (TPSA) is 13.1 Å². The van der Waals surface area contributed by atoms with Crippen LogP contribution in [0.3, 0.4) is 0 Å². The summed E-state index contributed by atoms with van der Waals surface area (Å²) in [5.74, 6) is 0. The van der Waals surface area contributed by atoms with Crippen LogP contribution in [0.4, 0.5) is 0 Å². The molecule has 0 aliphatic heterocycles. The van der Waals surface area contributed by atoms with E-state index in [0.717, 1.165) is 49.0 Å². The van der Waals surface area contributed by atoms with Crippen molar-refractivity contribution in [2.75, 3.05) is 0 Å². The number of furan rings is 1. The summed E-state index contributed by atoms with van der Waals surface area (Å²) in [5.41, 5.74) is 4.77. The van der Waals surface area contributed by atoms with Crippen LogP contribution in [0.5, 0.6) is 0 Å². The summed E-state index contributed by atoms with van der Waals surface area (Å²) in [5, 5.41) is 6.72. The van der Waals surface area contributed by atoms with Gasteiger partial charge in [-0.2, -0.15) is 0 Å². The summed E-state index contributed by atoms with van der Waals surface area (Å²) in [6, 6.07) is 36.3. The molecule has 0 radical (unpaired) electrons. The maximum atomic E-state index is 9.36. The second-order valence-electron chi connectivity index (χ2n) is 11.8.